The first-order valence-electron chi connectivity index (χ1n) is 5.97. The third-order valence-electron chi connectivity index (χ3n) is 3.01. The Labute approximate surface area is 102 Å². The predicted octanol–water partition coefficient (Wildman–Crippen LogP) is 1.90. The van der Waals surface area contributed by atoms with E-state index < -0.39 is 0 Å². The van der Waals surface area contributed by atoms with Crippen LogP contribution in [0.4, 0.5) is 5.69 Å². The molecule has 1 unspecified atom stereocenters. The Kier molecular flexibility index (Phi) is 3.33. The summed E-state index contributed by atoms with van der Waals surface area (Å²) < 4.78 is 0. The molecule has 2 rings (SSSR count). The van der Waals surface area contributed by atoms with Crippen molar-refractivity contribution in [2.24, 2.45) is 11.7 Å². The summed E-state index contributed by atoms with van der Waals surface area (Å²) in [6.45, 7) is 5.82. The first-order valence-corrected chi connectivity index (χ1v) is 5.97. The van der Waals surface area contributed by atoms with Gasteiger partial charge in [0.1, 0.15) is 5.82 Å². The number of benzene rings is 1. The van der Waals surface area contributed by atoms with Crippen LogP contribution in [0, 0.1) is 12.8 Å². The maximum Gasteiger partial charge on any atom is 0.104 e. The second-order valence-electron chi connectivity index (χ2n) is 4.75. The van der Waals surface area contributed by atoms with Crippen molar-refractivity contribution in [1.82, 2.24) is 9.97 Å². The number of nitrogens with zero attached hydrogens (tertiary/aromatic N) is 2. The van der Waals surface area contributed by atoms with Crippen LogP contribution in [-0.2, 0) is 0 Å². The molecule has 0 amide bonds. The van der Waals surface area contributed by atoms with E-state index in [0.717, 1.165) is 29.9 Å². The number of hydrogen-bond acceptors (Lipinski definition) is 3. The quantitative estimate of drug-likeness (QED) is 0.846. The number of H-pyrrole nitrogens is 1. The summed E-state index contributed by atoms with van der Waals surface area (Å²) in [5, 5.41) is 0. The van der Waals surface area contributed by atoms with Gasteiger partial charge in [0.25, 0.3) is 0 Å². The van der Waals surface area contributed by atoms with Gasteiger partial charge in [-0.1, -0.05) is 6.92 Å². The number of imidazole rings is 1. The van der Waals surface area contributed by atoms with E-state index in [-0.39, 0.29) is 0 Å². The second kappa shape index (κ2) is 4.75. The van der Waals surface area contributed by atoms with Gasteiger partial charge in [-0.2, -0.15) is 0 Å². The van der Waals surface area contributed by atoms with Crippen LogP contribution in [0.5, 0.6) is 0 Å². The maximum absolute atomic E-state index is 5.65. The smallest absolute Gasteiger partial charge is 0.104 e. The molecule has 4 nitrogen and oxygen atoms in total. The van der Waals surface area contributed by atoms with Crippen LogP contribution in [0.25, 0.3) is 11.0 Å². The Bertz CT molecular complexity index is 503. The molecule has 0 radical (unpaired) electrons. The van der Waals surface area contributed by atoms with E-state index in [1.807, 2.05) is 6.92 Å². The van der Waals surface area contributed by atoms with Crippen molar-refractivity contribution in [1.29, 1.82) is 0 Å². The number of aromatic nitrogens is 2. The fraction of sp³-hybridized carbons (Fsp3) is 0.462. The highest BCUT2D eigenvalue weighted by Crippen LogP contribution is 2.20. The highest BCUT2D eigenvalue weighted by molar-refractivity contribution is 5.79. The molecule has 0 saturated carbocycles. The third-order valence-corrected chi connectivity index (χ3v) is 3.01. The van der Waals surface area contributed by atoms with E-state index in [1.54, 1.807) is 0 Å². The van der Waals surface area contributed by atoms with Crippen molar-refractivity contribution < 1.29 is 0 Å². The molecule has 0 bridgehead atoms. The molecule has 17 heavy (non-hydrogen) atoms. The van der Waals surface area contributed by atoms with Gasteiger partial charge < -0.3 is 15.6 Å². The lowest BCUT2D eigenvalue weighted by Crippen LogP contribution is -2.28. The molecule has 2 aromatic rings. The van der Waals surface area contributed by atoms with Crippen LogP contribution in [-0.4, -0.2) is 30.1 Å². The molecular formula is C13H20N4. The van der Waals surface area contributed by atoms with Gasteiger partial charge in [-0.25, -0.2) is 4.98 Å². The fourth-order valence-corrected chi connectivity index (χ4v) is 2.01. The van der Waals surface area contributed by atoms with Gasteiger partial charge in [-0.05, 0) is 37.6 Å². The summed E-state index contributed by atoms with van der Waals surface area (Å²) in [6, 6.07) is 6.29. The summed E-state index contributed by atoms with van der Waals surface area (Å²) in [5.74, 6) is 1.45. The lowest BCUT2D eigenvalue weighted by Gasteiger charge is -2.22. The molecule has 1 atom stereocenters. The Morgan fingerprint density at radius 2 is 2.24 bits per heavy atom. The number of fused-ring (bicyclic) bond motifs is 1. The number of nitrogens with two attached hydrogens (primary N) is 1. The molecule has 0 spiro atoms. The molecule has 0 aliphatic carbocycles. The van der Waals surface area contributed by atoms with Gasteiger partial charge in [0.05, 0.1) is 11.0 Å². The Balaban J connectivity index is 2.23. The zero-order valence-electron chi connectivity index (χ0n) is 10.7. The summed E-state index contributed by atoms with van der Waals surface area (Å²) in [6.07, 6.45) is 0. The molecule has 1 heterocycles. The van der Waals surface area contributed by atoms with Gasteiger partial charge in [0.15, 0.2) is 0 Å². The van der Waals surface area contributed by atoms with E-state index in [1.165, 1.54) is 5.69 Å². The fourth-order valence-electron chi connectivity index (χ4n) is 2.01. The molecule has 0 fully saturated rings. The molecule has 1 aromatic heterocycles. The topological polar surface area (TPSA) is 57.9 Å². The van der Waals surface area contributed by atoms with Crippen molar-refractivity contribution in [3.05, 3.63) is 24.0 Å². The maximum atomic E-state index is 5.65. The highest BCUT2D eigenvalue weighted by atomic mass is 15.1. The average Bonchev–Trinajstić information content (AvgIpc) is 2.67. The standard InChI is InChI=1S/C13H20N4/c1-9(7-14)8-17(3)11-4-5-12-13(6-11)16-10(2)15-12/h4-6,9H,7-8,14H2,1-3H3,(H,15,16). The third kappa shape index (κ3) is 2.58. The van der Waals surface area contributed by atoms with Crippen LogP contribution in [0.2, 0.25) is 0 Å². The van der Waals surface area contributed by atoms with Crippen LogP contribution in [0.15, 0.2) is 18.2 Å². The van der Waals surface area contributed by atoms with Gasteiger partial charge in [0, 0.05) is 19.3 Å². The Morgan fingerprint density at radius 3 is 2.94 bits per heavy atom. The summed E-state index contributed by atoms with van der Waals surface area (Å²) >= 11 is 0. The first kappa shape index (κ1) is 11.9. The van der Waals surface area contributed by atoms with Crippen molar-refractivity contribution in [3.8, 4) is 0 Å². The number of hydrogen-bond donors (Lipinski definition) is 2. The second-order valence-corrected chi connectivity index (χ2v) is 4.75. The molecule has 1 aromatic carbocycles. The molecule has 0 aliphatic heterocycles. The highest BCUT2D eigenvalue weighted by Gasteiger charge is 2.07. The van der Waals surface area contributed by atoms with Crippen LogP contribution < -0.4 is 10.6 Å². The van der Waals surface area contributed by atoms with Gasteiger partial charge in [0.2, 0.25) is 0 Å². The number of nitrogens with one attached hydrogen (secondary N) is 1. The molecular weight excluding hydrogens is 212 g/mol. The zero-order valence-corrected chi connectivity index (χ0v) is 10.7. The number of anilines is 1. The number of aromatic amines is 1. The normalized spacial score (nSPS) is 12.9. The van der Waals surface area contributed by atoms with E-state index in [0.29, 0.717) is 5.92 Å². The van der Waals surface area contributed by atoms with E-state index in [9.17, 15) is 0 Å². The zero-order chi connectivity index (χ0) is 12.4. The lowest BCUT2D eigenvalue weighted by atomic mass is 10.1. The largest absolute Gasteiger partial charge is 0.374 e. The van der Waals surface area contributed by atoms with E-state index >= 15 is 0 Å². The van der Waals surface area contributed by atoms with Crippen LogP contribution in [0.1, 0.15) is 12.7 Å². The summed E-state index contributed by atoms with van der Waals surface area (Å²) in [4.78, 5) is 9.88. The van der Waals surface area contributed by atoms with Crippen molar-refractivity contribution >= 4 is 16.7 Å². The van der Waals surface area contributed by atoms with Crippen molar-refractivity contribution in [2.45, 2.75) is 13.8 Å². The van der Waals surface area contributed by atoms with Crippen LogP contribution in [0.3, 0.4) is 0 Å². The van der Waals surface area contributed by atoms with Gasteiger partial charge in [-0.15, -0.1) is 0 Å². The molecule has 0 saturated heterocycles. The van der Waals surface area contributed by atoms with Crippen molar-refractivity contribution in [3.63, 3.8) is 0 Å². The van der Waals surface area contributed by atoms with Crippen molar-refractivity contribution in [2.75, 3.05) is 25.0 Å². The lowest BCUT2D eigenvalue weighted by molar-refractivity contribution is 0.590. The summed E-state index contributed by atoms with van der Waals surface area (Å²) in [7, 11) is 2.09. The minimum atomic E-state index is 0.499. The monoisotopic (exact) mass is 232 g/mol. The van der Waals surface area contributed by atoms with Gasteiger partial charge >= 0.3 is 0 Å². The van der Waals surface area contributed by atoms with Crippen LogP contribution >= 0.6 is 0 Å². The SMILES string of the molecule is Cc1nc2ccc(N(C)CC(C)CN)cc2[nH]1. The molecule has 92 valence electrons. The van der Waals surface area contributed by atoms with E-state index in [4.69, 9.17) is 5.73 Å². The predicted molar refractivity (Wildman–Crippen MR) is 72.3 cm³/mol. The molecule has 4 heteroatoms. The minimum absolute atomic E-state index is 0.499. The Morgan fingerprint density at radius 1 is 1.47 bits per heavy atom. The average molecular weight is 232 g/mol. The molecule has 0 aliphatic rings. The minimum Gasteiger partial charge on any atom is -0.374 e. The first-order chi connectivity index (χ1) is 8.10. The molecule has 3 N–H and O–H groups in total. The number of rotatable bonds is 4. The Hall–Kier alpha value is -1.55. The summed E-state index contributed by atoms with van der Waals surface area (Å²) in [5.41, 5.74) is 8.96. The number of aryl methyl sites for hydroxylation is 1. The van der Waals surface area contributed by atoms with E-state index in [2.05, 4.69) is 47.0 Å². The van der Waals surface area contributed by atoms with Gasteiger partial charge in [-0.3, -0.25) is 0 Å².